The Balaban J connectivity index is 1.91. The first-order valence-corrected chi connectivity index (χ1v) is 6.04. The number of rotatable bonds is 1. The van der Waals surface area contributed by atoms with Crippen LogP contribution < -0.4 is 5.32 Å². The smallest absolute Gasteiger partial charge is 0.316 e. The number of anilines is 1. The highest BCUT2D eigenvalue weighted by molar-refractivity contribution is 6.39. The number of hydrogen-bond donors (Lipinski definition) is 1. The molecule has 1 fully saturated rings. The zero-order chi connectivity index (χ0) is 13.0. The summed E-state index contributed by atoms with van der Waals surface area (Å²) in [4.78, 5) is 32.8. The van der Waals surface area contributed by atoms with E-state index in [4.69, 9.17) is 0 Å². The van der Waals surface area contributed by atoms with Crippen LogP contribution in [0.5, 0.6) is 0 Å². The van der Waals surface area contributed by atoms with Crippen molar-refractivity contribution in [1.82, 2.24) is 14.9 Å². The number of likely N-dealkylation sites (tertiary alicyclic amines) is 1. The number of piperidine rings is 1. The van der Waals surface area contributed by atoms with Gasteiger partial charge in [-0.15, -0.1) is 0 Å². The molecule has 6 heteroatoms. The molecule has 1 saturated heterocycles. The van der Waals surface area contributed by atoms with Gasteiger partial charge in [0.15, 0.2) is 0 Å². The van der Waals surface area contributed by atoms with Crippen molar-refractivity contribution >= 4 is 17.8 Å². The van der Waals surface area contributed by atoms with E-state index < -0.39 is 11.8 Å². The van der Waals surface area contributed by atoms with Crippen molar-refractivity contribution in [2.75, 3.05) is 18.4 Å². The third-order valence-electron chi connectivity index (χ3n) is 3.06. The maximum atomic E-state index is 11.9. The molecule has 2 amide bonds. The molecule has 1 aliphatic heterocycles. The van der Waals surface area contributed by atoms with Gasteiger partial charge in [0.05, 0.1) is 0 Å². The van der Waals surface area contributed by atoms with E-state index in [0.29, 0.717) is 19.0 Å². The zero-order valence-electron chi connectivity index (χ0n) is 10.3. The summed E-state index contributed by atoms with van der Waals surface area (Å²) in [6, 6.07) is 1.64. The van der Waals surface area contributed by atoms with Gasteiger partial charge < -0.3 is 4.90 Å². The molecule has 1 aromatic rings. The molecule has 1 N–H and O–H groups in total. The van der Waals surface area contributed by atoms with E-state index in [1.807, 2.05) is 0 Å². The van der Waals surface area contributed by atoms with E-state index in [2.05, 4.69) is 22.2 Å². The zero-order valence-corrected chi connectivity index (χ0v) is 10.3. The monoisotopic (exact) mass is 248 g/mol. The van der Waals surface area contributed by atoms with Gasteiger partial charge >= 0.3 is 11.8 Å². The molecule has 6 nitrogen and oxygen atoms in total. The topological polar surface area (TPSA) is 75.2 Å². The minimum Gasteiger partial charge on any atom is -0.334 e. The number of aromatic nitrogens is 2. The molecular weight excluding hydrogens is 232 g/mol. The van der Waals surface area contributed by atoms with E-state index in [0.717, 1.165) is 12.8 Å². The molecule has 0 atom stereocenters. The summed E-state index contributed by atoms with van der Waals surface area (Å²) >= 11 is 0. The number of hydrogen-bond acceptors (Lipinski definition) is 4. The van der Waals surface area contributed by atoms with Crippen molar-refractivity contribution in [1.29, 1.82) is 0 Å². The van der Waals surface area contributed by atoms with Gasteiger partial charge in [0, 0.05) is 25.5 Å². The molecule has 0 aliphatic carbocycles. The first-order valence-electron chi connectivity index (χ1n) is 6.04. The van der Waals surface area contributed by atoms with Gasteiger partial charge in [0.25, 0.3) is 0 Å². The highest BCUT2D eigenvalue weighted by Gasteiger charge is 2.25. The summed E-state index contributed by atoms with van der Waals surface area (Å²) in [6.45, 7) is 3.44. The number of carbonyl (C=O) groups is 2. The van der Waals surface area contributed by atoms with Crippen LogP contribution in [0.25, 0.3) is 0 Å². The van der Waals surface area contributed by atoms with Crippen molar-refractivity contribution in [3.05, 3.63) is 18.5 Å². The van der Waals surface area contributed by atoms with E-state index in [1.165, 1.54) is 12.4 Å². The van der Waals surface area contributed by atoms with Gasteiger partial charge in [-0.25, -0.2) is 9.97 Å². The summed E-state index contributed by atoms with van der Waals surface area (Å²) in [5, 5.41) is 2.40. The second-order valence-electron chi connectivity index (χ2n) is 4.50. The Morgan fingerprint density at radius 1 is 1.28 bits per heavy atom. The number of nitrogens with zero attached hydrogens (tertiary/aromatic N) is 3. The quantitative estimate of drug-likeness (QED) is 0.741. The largest absolute Gasteiger partial charge is 0.334 e. The van der Waals surface area contributed by atoms with Gasteiger partial charge in [0.2, 0.25) is 5.95 Å². The average molecular weight is 248 g/mol. The summed E-state index contributed by atoms with van der Waals surface area (Å²) in [6.07, 6.45) is 4.91. The second kappa shape index (κ2) is 5.57. The van der Waals surface area contributed by atoms with Crippen LogP contribution in [0.4, 0.5) is 5.95 Å². The lowest BCUT2D eigenvalue weighted by molar-refractivity contribution is -0.144. The van der Waals surface area contributed by atoms with Gasteiger partial charge in [-0.3, -0.25) is 14.9 Å². The van der Waals surface area contributed by atoms with E-state index >= 15 is 0 Å². The summed E-state index contributed by atoms with van der Waals surface area (Å²) < 4.78 is 0. The second-order valence-corrected chi connectivity index (χ2v) is 4.50. The SMILES string of the molecule is CC1CCN(C(=O)C(=O)Nc2ncccn2)CC1. The summed E-state index contributed by atoms with van der Waals surface area (Å²) in [7, 11) is 0. The molecule has 0 saturated carbocycles. The van der Waals surface area contributed by atoms with Crippen LogP contribution >= 0.6 is 0 Å². The fourth-order valence-electron chi connectivity index (χ4n) is 1.87. The minimum absolute atomic E-state index is 0.154. The molecule has 0 spiro atoms. The molecule has 1 aromatic heterocycles. The molecular formula is C12H16N4O2. The molecule has 18 heavy (non-hydrogen) atoms. The predicted molar refractivity (Wildman–Crippen MR) is 65.6 cm³/mol. The molecule has 96 valence electrons. The van der Waals surface area contributed by atoms with Crippen molar-refractivity contribution in [3.8, 4) is 0 Å². The Bertz CT molecular complexity index is 427. The van der Waals surface area contributed by atoms with Crippen molar-refractivity contribution < 1.29 is 9.59 Å². The molecule has 1 aliphatic rings. The molecule has 0 radical (unpaired) electrons. The van der Waals surface area contributed by atoms with Crippen molar-refractivity contribution in [2.45, 2.75) is 19.8 Å². The number of carbonyl (C=O) groups excluding carboxylic acids is 2. The Morgan fingerprint density at radius 3 is 2.50 bits per heavy atom. The van der Waals surface area contributed by atoms with Crippen LogP contribution in [0.15, 0.2) is 18.5 Å². The lowest BCUT2D eigenvalue weighted by atomic mass is 9.99. The van der Waals surface area contributed by atoms with Crippen molar-refractivity contribution in [3.63, 3.8) is 0 Å². The first-order chi connectivity index (χ1) is 8.66. The lowest BCUT2D eigenvalue weighted by Crippen LogP contribution is -2.44. The van der Waals surface area contributed by atoms with Crippen LogP contribution in [0.1, 0.15) is 19.8 Å². The minimum atomic E-state index is -0.671. The summed E-state index contributed by atoms with van der Waals surface area (Å²) in [5.41, 5.74) is 0. The first kappa shape index (κ1) is 12.5. The maximum absolute atomic E-state index is 11.9. The van der Waals surface area contributed by atoms with E-state index in [-0.39, 0.29) is 5.95 Å². The molecule has 0 aromatic carbocycles. The lowest BCUT2D eigenvalue weighted by Gasteiger charge is -2.29. The van der Waals surface area contributed by atoms with Crippen LogP contribution in [0.2, 0.25) is 0 Å². The Morgan fingerprint density at radius 2 is 1.89 bits per heavy atom. The van der Waals surface area contributed by atoms with E-state index in [1.54, 1.807) is 11.0 Å². The van der Waals surface area contributed by atoms with Crippen LogP contribution in [-0.4, -0.2) is 39.8 Å². The normalized spacial score (nSPS) is 16.4. The van der Waals surface area contributed by atoms with Crippen LogP contribution in [0, 0.1) is 5.92 Å². The Kier molecular flexibility index (Phi) is 3.86. The predicted octanol–water partition coefficient (Wildman–Crippen LogP) is 0.674. The van der Waals surface area contributed by atoms with Gasteiger partial charge in [-0.05, 0) is 24.8 Å². The van der Waals surface area contributed by atoms with E-state index in [9.17, 15) is 9.59 Å². The Labute approximate surface area is 105 Å². The van der Waals surface area contributed by atoms with Gasteiger partial charge in [-0.2, -0.15) is 0 Å². The molecule has 2 heterocycles. The maximum Gasteiger partial charge on any atom is 0.316 e. The summed E-state index contributed by atoms with van der Waals surface area (Å²) in [5.74, 6) is -0.402. The third kappa shape index (κ3) is 3.03. The van der Waals surface area contributed by atoms with Crippen LogP contribution in [-0.2, 0) is 9.59 Å². The number of nitrogens with one attached hydrogen (secondary N) is 1. The molecule has 0 unspecified atom stereocenters. The molecule has 2 rings (SSSR count). The highest BCUT2D eigenvalue weighted by atomic mass is 16.2. The van der Waals surface area contributed by atoms with Gasteiger partial charge in [0.1, 0.15) is 0 Å². The highest BCUT2D eigenvalue weighted by Crippen LogP contribution is 2.16. The standard InChI is InChI=1S/C12H16N4O2/c1-9-3-7-16(8-4-9)11(18)10(17)15-12-13-5-2-6-14-12/h2,5-6,9H,3-4,7-8H2,1H3,(H,13,14,15,17). The fourth-order valence-corrected chi connectivity index (χ4v) is 1.87. The number of amides is 2. The van der Waals surface area contributed by atoms with Gasteiger partial charge in [-0.1, -0.05) is 6.92 Å². The molecule has 0 bridgehead atoms. The third-order valence-corrected chi connectivity index (χ3v) is 3.06. The fraction of sp³-hybridized carbons (Fsp3) is 0.500. The van der Waals surface area contributed by atoms with Crippen molar-refractivity contribution in [2.24, 2.45) is 5.92 Å². The Hall–Kier alpha value is -1.98. The van der Waals surface area contributed by atoms with Crippen LogP contribution in [0.3, 0.4) is 0 Å². The average Bonchev–Trinajstić information content (AvgIpc) is 2.40.